The Hall–Kier alpha value is -1.10. The van der Waals surface area contributed by atoms with Crippen LogP contribution in [-0.4, -0.2) is 27.5 Å². The van der Waals surface area contributed by atoms with Gasteiger partial charge in [0, 0.05) is 25.0 Å². The lowest BCUT2D eigenvalue weighted by Crippen LogP contribution is -2.43. The third-order valence-electron chi connectivity index (χ3n) is 3.13. The van der Waals surface area contributed by atoms with Gasteiger partial charge in [-0.15, -0.1) is 0 Å². The zero-order valence-electron chi connectivity index (χ0n) is 10.1. The lowest BCUT2D eigenvalue weighted by molar-refractivity contribution is 0.411. The molecule has 0 aliphatic heterocycles. The van der Waals surface area contributed by atoms with Crippen molar-refractivity contribution in [2.75, 3.05) is 6.54 Å². The summed E-state index contributed by atoms with van der Waals surface area (Å²) in [7, 11) is 0. The van der Waals surface area contributed by atoms with Crippen LogP contribution in [0.5, 0.6) is 0 Å². The van der Waals surface area contributed by atoms with Crippen LogP contribution in [0.3, 0.4) is 0 Å². The van der Waals surface area contributed by atoms with Gasteiger partial charge in [0.05, 0.1) is 6.54 Å². The van der Waals surface area contributed by atoms with E-state index in [2.05, 4.69) is 15.7 Å². The van der Waals surface area contributed by atoms with Gasteiger partial charge in [-0.05, 0) is 31.1 Å². The van der Waals surface area contributed by atoms with Crippen LogP contribution in [0, 0.1) is 0 Å². The van der Waals surface area contributed by atoms with E-state index in [0.717, 1.165) is 18.2 Å². The number of hydrogen-bond acceptors (Lipinski definition) is 2. The van der Waals surface area contributed by atoms with Gasteiger partial charge in [0.2, 0.25) is 0 Å². The fourth-order valence-electron chi connectivity index (χ4n) is 2.20. The fourth-order valence-corrected chi connectivity index (χ4v) is 2.47. The molecule has 0 spiro atoms. The first-order valence-electron chi connectivity index (χ1n) is 6.36. The predicted molar refractivity (Wildman–Crippen MR) is 72.8 cm³/mol. The van der Waals surface area contributed by atoms with Crippen LogP contribution in [0.4, 0.5) is 0 Å². The van der Waals surface area contributed by atoms with Gasteiger partial charge in [-0.1, -0.05) is 19.3 Å². The minimum Gasteiger partial charge on any atom is -0.361 e. The van der Waals surface area contributed by atoms with Crippen molar-refractivity contribution in [1.82, 2.24) is 20.4 Å². The van der Waals surface area contributed by atoms with Crippen LogP contribution in [0.15, 0.2) is 18.5 Å². The van der Waals surface area contributed by atoms with Crippen LogP contribution in [0.25, 0.3) is 0 Å². The highest BCUT2D eigenvalue weighted by Gasteiger charge is 2.13. The van der Waals surface area contributed by atoms with Crippen molar-refractivity contribution < 1.29 is 0 Å². The minimum absolute atomic E-state index is 0.577. The second kappa shape index (κ2) is 6.59. The molecule has 0 atom stereocenters. The summed E-state index contributed by atoms with van der Waals surface area (Å²) in [5.41, 5.74) is 0. The lowest BCUT2D eigenvalue weighted by atomic mass is 9.96. The van der Waals surface area contributed by atoms with Gasteiger partial charge >= 0.3 is 0 Å². The maximum Gasteiger partial charge on any atom is 0.166 e. The van der Waals surface area contributed by atoms with Crippen LogP contribution >= 0.6 is 12.2 Å². The average Bonchev–Trinajstić information content (AvgIpc) is 2.83. The first-order chi connectivity index (χ1) is 8.34. The van der Waals surface area contributed by atoms with E-state index >= 15 is 0 Å². The van der Waals surface area contributed by atoms with Gasteiger partial charge in [-0.25, -0.2) is 0 Å². The average molecular weight is 252 g/mol. The Labute approximate surface area is 108 Å². The Bertz CT molecular complexity index is 330. The van der Waals surface area contributed by atoms with E-state index in [-0.39, 0.29) is 0 Å². The Morgan fingerprint density at radius 1 is 1.35 bits per heavy atom. The molecule has 0 unspecified atom stereocenters. The summed E-state index contributed by atoms with van der Waals surface area (Å²) in [4.78, 5) is 0. The summed E-state index contributed by atoms with van der Waals surface area (Å²) < 4.78 is 1.90. The van der Waals surface area contributed by atoms with E-state index in [1.807, 2.05) is 16.9 Å². The maximum atomic E-state index is 5.28. The van der Waals surface area contributed by atoms with Crippen molar-refractivity contribution in [3.05, 3.63) is 18.5 Å². The largest absolute Gasteiger partial charge is 0.361 e. The summed E-state index contributed by atoms with van der Waals surface area (Å²) in [6.07, 6.45) is 10.3. The Morgan fingerprint density at radius 2 is 2.18 bits per heavy atom. The maximum absolute atomic E-state index is 5.28. The Balaban J connectivity index is 1.60. The molecule has 1 saturated carbocycles. The van der Waals surface area contributed by atoms with Crippen LogP contribution in [0.1, 0.15) is 32.1 Å². The van der Waals surface area contributed by atoms with E-state index < -0.39 is 0 Å². The third kappa shape index (κ3) is 4.34. The highest BCUT2D eigenvalue weighted by molar-refractivity contribution is 7.80. The molecule has 0 aromatic carbocycles. The summed E-state index contributed by atoms with van der Waals surface area (Å²) in [5, 5.41) is 11.5. The zero-order valence-corrected chi connectivity index (χ0v) is 10.9. The number of rotatable bonds is 4. The molecule has 1 aromatic rings. The predicted octanol–water partition coefficient (Wildman–Crippen LogP) is 1.68. The van der Waals surface area contributed by atoms with E-state index in [0.29, 0.717) is 6.04 Å². The summed E-state index contributed by atoms with van der Waals surface area (Å²) in [5.74, 6) is 0. The molecule has 0 saturated heterocycles. The number of thiocarbonyl (C=S) groups is 1. The molecule has 0 bridgehead atoms. The molecule has 0 amide bonds. The molecule has 17 heavy (non-hydrogen) atoms. The van der Waals surface area contributed by atoms with Crippen LogP contribution in [-0.2, 0) is 6.54 Å². The van der Waals surface area contributed by atoms with Crippen molar-refractivity contribution >= 4 is 17.3 Å². The Kier molecular flexibility index (Phi) is 4.79. The molecule has 0 radical (unpaired) electrons. The molecule has 94 valence electrons. The third-order valence-corrected chi connectivity index (χ3v) is 3.39. The van der Waals surface area contributed by atoms with Crippen molar-refractivity contribution in [2.24, 2.45) is 0 Å². The van der Waals surface area contributed by atoms with Crippen molar-refractivity contribution in [3.63, 3.8) is 0 Å². The molecule has 1 fully saturated rings. The second-order valence-corrected chi connectivity index (χ2v) is 4.91. The highest BCUT2D eigenvalue weighted by Crippen LogP contribution is 2.17. The molecule has 1 aliphatic carbocycles. The normalized spacial score (nSPS) is 16.7. The Morgan fingerprint density at radius 3 is 2.88 bits per heavy atom. The van der Waals surface area contributed by atoms with E-state index in [4.69, 9.17) is 12.2 Å². The molecule has 2 rings (SSSR count). The van der Waals surface area contributed by atoms with Gasteiger partial charge < -0.3 is 10.6 Å². The quantitative estimate of drug-likeness (QED) is 0.800. The second-order valence-electron chi connectivity index (χ2n) is 4.50. The van der Waals surface area contributed by atoms with Crippen LogP contribution in [0.2, 0.25) is 0 Å². The van der Waals surface area contributed by atoms with Gasteiger partial charge in [0.15, 0.2) is 5.11 Å². The molecule has 1 aromatic heterocycles. The lowest BCUT2D eigenvalue weighted by Gasteiger charge is -2.24. The topological polar surface area (TPSA) is 41.9 Å². The van der Waals surface area contributed by atoms with Crippen molar-refractivity contribution in [2.45, 2.75) is 44.7 Å². The van der Waals surface area contributed by atoms with Crippen LogP contribution < -0.4 is 10.6 Å². The van der Waals surface area contributed by atoms with Gasteiger partial charge in [0.25, 0.3) is 0 Å². The van der Waals surface area contributed by atoms with Crippen molar-refractivity contribution in [3.8, 4) is 0 Å². The SMILES string of the molecule is S=C(NCCn1cccn1)NC1CCCCC1. The zero-order chi connectivity index (χ0) is 11.9. The summed E-state index contributed by atoms with van der Waals surface area (Å²) in [6.45, 7) is 1.67. The van der Waals surface area contributed by atoms with E-state index in [1.165, 1.54) is 32.1 Å². The summed E-state index contributed by atoms with van der Waals surface area (Å²) >= 11 is 5.28. The van der Waals surface area contributed by atoms with Gasteiger partial charge in [-0.3, -0.25) is 4.68 Å². The first-order valence-corrected chi connectivity index (χ1v) is 6.77. The van der Waals surface area contributed by atoms with Gasteiger partial charge in [0.1, 0.15) is 0 Å². The smallest absolute Gasteiger partial charge is 0.166 e. The molecular formula is C12H20N4S. The number of hydrogen-bond donors (Lipinski definition) is 2. The molecule has 4 nitrogen and oxygen atoms in total. The monoisotopic (exact) mass is 252 g/mol. The fraction of sp³-hybridized carbons (Fsp3) is 0.667. The summed E-state index contributed by atoms with van der Waals surface area (Å²) in [6, 6.07) is 2.51. The van der Waals surface area contributed by atoms with Gasteiger partial charge in [-0.2, -0.15) is 5.10 Å². The molecular weight excluding hydrogens is 232 g/mol. The molecule has 5 heteroatoms. The minimum atomic E-state index is 0.577. The first kappa shape index (κ1) is 12.4. The molecule has 1 aliphatic rings. The molecule has 2 N–H and O–H groups in total. The highest BCUT2D eigenvalue weighted by atomic mass is 32.1. The van der Waals surface area contributed by atoms with Crippen molar-refractivity contribution in [1.29, 1.82) is 0 Å². The number of nitrogens with one attached hydrogen (secondary N) is 2. The number of aromatic nitrogens is 2. The molecule has 1 heterocycles. The van der Waals surface area contributed by atoms with E-state index in [9.17, 15) is 0 Å². The number of nitrogens with zero attached hydrogens (tertiary/aromatic N) is 2. The van der Waals surface area contributed by atoms with E-state index in [1.54, 1.807) is 6.20 Å². The standard InChI is InChI=1S/C12H20N4S/c17-12(15-11-5-2-1-3-6-11)13-8-10-16-9-4-7-14-16/h4,7,9,11H,1-3,5-6,8,10H2,(H2,13,15,17).